The summed E-state index contributed by atoms with van der Waals surface area (Å²) in [5, 5.41) is 18.1. The largest absolute Gasteiger partial charge is 0.437 e. The number of hydrogen-bond acceptors (Lipinski definition) is 6. The molecule has 0 bridgehead atoms. The standard InChI is InChI=1S/C18H17ClN4O5/c19-14-4-6-15(7-5-14)20-18(24)28-21-17(22-8-10-27-11-9-22)13-2-1-3-16(12-13)23(25)26/h1-7,12H,8-11H2,(H,20,24)/b21-17-. The molecule has 0 saturated carbocycles. The molecule has 146 valence electrons. The number of nitrogens with zero attached hydrogens (tertiary/aromatic N) is 3. The topological polar surface area (TPSA) is 106 Å². The Morgan fingerprint density at radius 1 is 1.21 bits per heavy atom. The van der Waals surface area contributed by atoms with Crippen LogP contribution in [0, 0.1) is 10.1 Å². The maximum Gasteiger partial charge on any atom is 0.437 e. The van der Waals surface area contributed by atoms with Crippen molar-refractivity contribution in [3.8, 4) is 0 Å². The highest BCUT2D eigenvalue weighted by Crippen LogP contribution is 2.17. The number of amides is 1. The number of ether oxygens (including phenoxy) is 1. The fourth-order valence-electron chi connectivity index (χ4n) is 2.59. The molecule has 0 spiro atoms. The van der Waals surface area contributed by atoms with E-state index < -0.39 is 11.0 Å². The Labute approximate surface area is 165 Å². The van der Waals surface area contributed by atoms with E-state index in [4.69, 9.17) is 21.2 Å². The third kappa shape index (κ3) is 5.18. The van der Waals surface area contributed by atoms with Gasteiger partial charge in [0.15, 0.2) is 5.84 Å². The van der Waals surface area contributed by atoms with Crippen LogP contribution in [0.3, 0.4) is 0 Å². The van der Waals surface area contributed by atoms with Crippen LogP contribution in [0.1, 0.15) is 5.56 Å². The van der Waals surface area contributed by atoms with Crippen molar-refractivity contribution in [1.82, 2.24) is 4.90 Å². The van der Waals surface area contributed by atoms with Gasteiger partial charge in [-0.25, -0.2) is 4.79 Å². The molecule has 10 heteroatoms. The predicted octanol–water partition coefficient (Wildman–Crippen LogP) is 3.49. The van der Waals surface area contributed by atoms with E-state index in [-0.39, 0.29) is 5.69 Å². The number of non-ortho nitro benzene ring substituents is 1. The van der Waals surface area contributed by atoms with Gasteiger partial charge < -0.3 is 9.64 Å². The summed E-state index contributed by atoms with van der Waals surface area (Å²) >= 11 is 5.81. The number of carbonyl (C=O) groups is 1. The van der Waals surface area contributed by atoms with Crippen molar-refractivity contribution < 1.29 is 19.3 Å². The number of amidine groups is 1. The van der Waals surface area contributed by atoms with E-state index in [9.17, 15) is 14.9 Å². The zero-order valence-electron chi connectivity index (χ0n) is 14.7. The average molecular weight is 405 g/mol. The van der Waals surface area contributed by atoms with Crippen molar-refractivity contribution in [1.29, 1.82) is 0 Å². The molecule has 0 aromatic heterocycles. The number of nitrogens with one attached hydrogen (secondary N) is 1. The predicted molar refractivity (Wildman–Crippen MR) is 104 cm³/mol. The maximum atomic E-state index is 12.1. The highest BCUT2D eigenvalue weighted by atomic mass is 35.5. The minimum Gasteiger partial charge on any atom is -0.378 e. The fourth-order valence-corrected chi connectivity index (χ4v) is 2.71. The van der Waals surface area contributed by atoms with Crippen molar-refractivity contribution in [2.45, 2.75) is 0 Å². The molecule has 0 aliphatic carbocycles. The molecule has 1 amide bonds. The molecular formula is C18H17ClN4O5. The fraction of sp³-hybridized carbons (Fsp3) is 0.222. The van der Waals surface area contributed by atoms with Crippen LogP contribution in [0.25, 0.3) is 0 Å². The Bertz CT molecular complexity index is 882. The van der Waals surface area contributed by atoms with Crippen molar-refractivity contribution in [3.05, 3.63) is 69.2 Å². The van der Waals surface area contributed by atoms with Crippen LogP contribution in [0.15, 0.2) is 53.7 Å². The normalized spacial score (nSPS) is 14.5. The summed E-state index contributed by atoms with van der Waals surface area (Å²) in [5.74, 6) is 0.318. The zero-order valence-corrected chi connectivity index (χ0v) is 15.5. The molecule has 1 fully saturated rings. The number of carbonyl (C=O) groups excluding carboxylic acids is 1. The maximum absolute atomic E-state index is 12.1. The first-order valence-electron chi connectivity index (χ1n) is 8.42. The molecule has 2 aromatic carbocycles. The van der Waals surface area contributed by atoms with Crippen molar-refractivity contribution in [2.24, 2.45) is 5.16 Å². The van der Waals surface area contributed by atoms with Gasteiger partial charge in [-0.2, -0.15) is 0 Å². The van der Waals surface area contributed by atoms with E-state index in [0.29, 0.717) is 48.4 Å². The van der Waals surface area contributed by atoms with E-state index in [1.807, 2.05) is 4.90 Å². The number of nitro groups is 1. The Morgan fingerprint density at radius 3 is 2.61 bits per heavy atom. The van der Waals surface area contributed by atoms with Crippen LogP contribution in [0.4, 0.5) is 16.2 Å². The Kier molecular flexibility index (Phi) is 6.41. The van der Waals surface area contributed by atoms with Gasteiger partial charge in [-0.1, -0.05) is 28.9 Å². The lowest BCUT2D eigenvalue weighted by atomic mass is 10.1. The summed E-state index contributed by atoms with van der Waals surface area (Å²) in [5.41, 5.74) is 0.882. The first-order valence-corrected chi connectivity index (χ1v) is 8.80. The molecule has 1 N–H and O–H groups in total. The minimum atomic E-state index is -0.793. The van der Waals surface area contributed by atoms with Crippen LogP contribution in [0.2, 0.25) is 5.02 Å². The number of morpholine rings is 1. The molecule has 1 saturated heterocycles. The molecule has 1 aliphatic heterocycles. The van der Waals surface area contributed by atoms with Crippen LogP contribution in [-0.2, 0) is 9.57 Å². The van der Waals surface area contributed by atoms with Gasteiger partial charge >= 0.3 is 6.09 Å². The van der Waals surface area contributed by atoms with Gasteiger partial charge in [0, 0.05) is 41.5 Å². The summed E-state index contributed by atoms with van der Waals surface area (Å²) in [6.07, 6.45) is -0.793. The number of halogens is 1. The van der Waals surface area contributed by atoms with E-state index in [1.165, 1.54) is 12.1 Å². The average Bonchev–Trinajstić information content (AvgIpc) is 2.71. The third-order valence-electron chi connectivity index (χ3n) is 3.93. The molecule has 0 atom stereocenters. The molecule has 1 heterocycles. The SMILES string of the molecule is O=C(Nc1ccc(Cl)cc1)O/N=C(/c1cccc([N+](=O)[O-])c1)N1CCOCC1. The van der Waals surface area contributed by atoms with Crippen LogP contribution in [-0.4, -0.2) is 48.1 Å². The minimum absolute atomic E-state index is 0.0796. The van der Waals surface area contributed by atoms with Gasteiger partial charge in [0.2, 0.25) is 0 Å². The summed E-state index contributed by atoms with van der Waals surface area (Å²) in [6, 6.07) is 12.5. The van der Waals surface area contributed by atoms with Crippen molar-refractivity contribution in [3.63, 3.8) is 0 Å². The van der Waals surface area contributed by atoms with Crippen LogP contribution < -0.4 is 5.32 Å². The summed E-state index contributed by atoms with van der Waals surface area (Å²) in [4.78, 5) is 29.5. The number of benzene rings is 2. The molecule has 0 radical (unpaired) electrons. The second-order valence-electron chi connectivity index (χ2n) is 5.83. The monoisotopic (exact) mass is 404 g/mol. The Morgan fingerprint density at radius 2 is 1.93 bits per heavy atom. The molecule has 9 nitrogen and oxygen atoms in total. The van der Waals surface area contributed by atoms with Gasteiger partial charge in [-0.3, -0.25) is 20.3 Å². The van der Waals surface area contributed by atoms with Gasteiger partial charge in [0.25, 0.3) is 5.69 Å². The molecule has 1 aliphatic rings. The summed E-state index contributed by atoms with van der Waals surface area (Å²) < 4.78 is 5.33. The lowest BCUT2D eigenvalue weighted by Crippen LogP contribution is -2.41. The lowest BCUT2D eigenvalue weighted by molar-refractivity contribution is -0.384. The first kappa shape index (κ1) is 19.6. The molecule has 3 rings (SSSR count). The molecule has 2 aromatic rings. The van der Waals surface area contributed by atoms with Gasteiger partial charge in [-0.15, -0.1) is 0 Å². The molecule has 0 unspecified atom stereocenters. The molecular weight excluding hydrogens is 388 g/mol. The first-order chi connectivity index (χ1) is 13.5. The highest BCUT2D eigenvalue weighted by Gasteiger charge is 2.20. The van der Waals surface area contributed by atoms with E-state index in [2.05, 4.69) is 10.5 Å². The van der Waals surface area contributed by atoms with Crippen molar-refractivity contribution in [2.75, 3.05) is 31.6 Å². The summed E-state index contributed by atoms with van der Waals surface area (Å²) in [7, 11) is 0. The van der Waals surface area contributed by atoms with E-state index in [0.717, 1.165) is 0 Å². The second-order valence-corrected chi connectivity index (χ2v) is 6.27. The molecule has 28 heavy (non-hydrogen) atoms. The smallest absolute Gasteiger partial charge is 0.378 e. The number of anilines is 1. The zero-order chi connectivity index (χ0) is 19.9. The van der Waals surface area contributed by atoms with Crippen molar-refractivity contribution >= 4 is 34.9 Å². The summed E-state index contributed by atoms with van der Waals surface area (Å²) in [6.45, 7) is 1.99. The number of rotatable bonds is 4. The third-order valence-corrected chi connectivity index (χ3v) is 4.18. The van der Waals surface area contributed by atoms with Gasteiger partial charge in [-0.05, 0) is 24.3 Å². The van der Waals surface area contributed by atoms with E-state index in [1.54, 1.807) is 36.4 Å². The highest BCUT2D eigenvalue weighted by molar-refractivity contribution is 6.30. The van der Waals surface area contributed by atoms with Crippen LogP contribution in [0.5, 0.6) is 0 Å². The van der Waals surface area contributed by atoms with Gasteiger partial charge in [0.05, 0.1) is 18.1 Å². The Hall–Kier alpha value is -3.17. The Balaban J connectivity index is 1.79. The quantitative estimate of drug-likeness (QED) is 0.275. The second kappa shape index (κ2) is 9.16. The van der Waals surface area contributed by atoms with Crippen LogP contribution >= 0.6 is 11.6 Å². The number of hydrogen-bond donors (Lipinski definition) is 1. The number of oxime groups is 1. The number of nitro benzene ring substituents is 1. The van der Waals surface area contributed by atoms with Gasteiger partial charge in [0.1, 0.15) is 0 Å². The lowest BCUT2D eigenvalue weighted by Gasteiger charge is -2.29. The van der Waals surface area contributed by atoms with E-state index >= 15 is 0 Å².